The number of para-hydroxylation sites is 2. The second-order valence-electron chi connectivity index (χ2n) is 9.87. The van der Waals surface area contributed by atoms with Crippen LogP contribution in [-0.2, 0) is 27.0 Å². The fraction of sp³-hybridized carbons (Fsp3) is 0.565. The normalized spacial score (nSPS) is 27.6. The van der Waals surface area contributed by atoms with Crippen LogP contribution in [0.25, 0.3) is 11.0 Å². The lowest BCUT2D eigenvalue weighted by atomic mass is 9.53. The summed E-state index contributed by atoms with van der Waals surface area (Å²) in [6, 6.07) is 5.25. The summed E-state index contributed by atoms with van der Waals surface area (Å²) in [7, 11) is 0. The summed E-state index contributed by atoms with van der Waals surface area (Å²) in [5, 5.41) is 5.14. The van der Waals surface area contributed by atoms with Gasteiger partial charge in [0.05, 0.1) is 11.0 Å². The van der Waals surface area contributed by atoms with E-state index in [1.165, 1.54) is 43.5 Å². The van der Waals surface area contributed by atoms with Crippen LogP contribution in [0, 0.1) is 17.8 Å². The van der Waals surface area contributed by atoms with Gasteiger partial charge >= 0.3 is 18.2 Å². The number of imide groups is 1. The summed E-state index contributed by atoms with van der Waals surface area (Å²) in [5.41, 5.74) is -0.0837. The second kappa shape index (κ2) is 8.28. The van der Waals surface area contributed by atoms with E-state index in [-0.39, 0.29) is 16.6 Å². The number of rotatable bonds is 5. The highest BCUT2D eigenvalue weighted by atomic mass is 19.4. The van der Waals surface area contributed by atoms with Gasteiger partial charge in [-0.2, -0.15) is 13.2 Å². The molecule has 8 nitrogen and oxygen atoms in total. The smallest absolute Gasteiger partial charge is 0.449 e. The van der Waals surface area contributed by atoms with Crippen molar-refractivity contribution in [1.29, 1.82) is 0 Å². The quantitative estimate of drug-likeness (QED) is 0.642. The zero-order chi connectivity index (χ0) is 24.1. The van der Waals surface area contributed by atoms with Gasteiger partial charge in [-0.15, -0.1) is 0 Å². The molecule has 0 saturated heterocycles. The number of esters is 1. The third-order valence-corrected chi connectivity index (χ3v) is 7.23. The molecule has 1 heterocycles. The number of halogens is 3. The molecule has 4 saturated carbocycles. The number of fused-ring (bicyclic) bond motifs is 1. The van der Waals surface area contributed by atoms with Crippen LogP contribution in [-0.4, -0.2) is 39.6 Å². The number of hydrogen-bond donors (Lipinski definition) is 2. The van der Waals surface area contributed by atoms with Crippen molar-refractivity contribution in [2.75, 3.05) is 6.61 Å². The summed E-state index contributed by atoms with van der Waals surface area (Å²) >= 11 is 0. The summed E-state index contributed by atoms with van der Waals surface area (Å²) in [4.78, 5) is 40.3. The molecule has 2 aromatic rings. The van der Waals surface area contributed by atoms with Crippen LogP contribution in [0.5, 0.6) is 0 Å². The number of urea groups is 1. The number of nitrogens with one attached hydrogen (secondary N) is 2. The summed E-state index contributed by atoms with van der Waals surface area (Å²) in [5.74, 6) is -1.28. The van der Waals surface area contributed by atoms with E-state index in [4.69, 9.17) is 4.74 Å². The van der Waals surface area contributed by atoms with Crippen LogP contribution in [0.1, 0.15) is 44.3 Å². The first-order valence-electron chi connectivity index (χ1n) is 11.4. The first kappa shape index (κ1) is 22.7. The van der Waals surface area contributed by atoms with Gasteiger partial charge in [0.2, 0.25) is 5.82 Å². The Hall–Kier alpha value is -3.11. The van der Waals surface area contributed by atoms with Crippen molar-refractivity contribution in [2.45, 2.75) is 56.8 Å². The van der Waals surface area contributed by atoms with Gasteiger partial charge in [0.1, 0.15) is 6.54 Å². The lowest BCUT2D eigenvalue weighted by Gasteiger charge is -2.56. The average molecular weight is 478 g/mol. The van der Waals surface area contributed by atoms with Crippen LogP contribution < -0.4 is 10.6 Å². The van der Waals surface area contributed by atoms with Crippen molar-refractivity contribution >= 4 is 28.9 Å². The number of hydrogen-bond acceptors (Lipinski definition) is 5. The van der Waals surface area contributed by atoms with Crippen molar-refractivity contribution in [1.82, 2.24) is 20.2 Å². The zero-order valence-electron chi connectivity index (χ0n) is 18.4. The van der Waals surface area contributed by atoms with Crippen LogP contribution in [0.2, 0.25) is 0 Å². The van der Waals surface area contributed by atoms with Gasteiger partial charge < -0.3 is 14.6 Å². The number of amides is 3. The van der Waals surface area contributed by atoms with E-state index in [9.17, 15) is 27.6 Å². The van der Waals surface area contributed by atoms with Crippen molar-refractivity contribution < 1.29 is 32.3 Å². The topological polar surface area (TPSA) is 102 Å². The third kappa shape index (κ3) is 4.47. The highest BCUT2D eigenvalue weighted by molar-refractivity contribution is 5.95. The fourth-order valence-electron chi connectivity index (χ4n) is 6.47. The maximum absolute atomic E-state index is 13.4. The highest BCUT2D eigenvalue weighted by Gasteiger charge is 2.51. The van der Waals surface area contributed by atoms with Gasteiger partial charge in [0.15, 0.2) is 6.61 Å². The molecular formula is C23H25F3N4O4. The van der Waals surface area contributed by atoms with Crippen LogP contribution in [0.4, 0.5) is 18.0 Å². The van der Waals surface area contributed by atoms with Crippen LogP contribution >= 0.6 is 0 Å². The standard InChI is InChI=1S/C23H25F3N4O4/c24-23(25,26)20-27-16-3-1-2-4-17(16)30(20)11-19(32)34-12-18(31)28-21(33)29-22-8-13-5-14(9-22)7-15(6-13)10-22/h1-4,13-15H,5-12H2,(H2,28,29,31,33). The van der Waals surface area contributed by atoms with E-state index in [0.717, 1.165) is 19.3 Å². The molecule has 0 atom stereocenters. The molecule has 3 amide bonds. The van der Waals surface area contributed by atoms with E-state index in [2.05, 4.69) is 15.6 Å². The monoisotopic (exact) mass is 478 g/mol. The van der Waals surface area contributed by atoms with Gasteiger partial charge in [0, 0.05) is 5.54 Å². The molecule has 6 rings (SSSR count). The largest absolute Gasteiger partial charge is 0.454 e. The van der Waals surface area contributed by atoms with Gasteiger partial charge in [0.25, 0.3) is 5.91 Å². The first-order chi connectivity index (χ1) is 16.1. The van der Waals surface area contributed by atoms with Gasteiger partial charge in [-0.1, -0.05) is 12.1 Å². The van der Waals surface area contributed by atoms with E-state index in [1.54, 1.807) is 0 Å². The van der Waals surface area contributed by atoms with E-state index >= 15 is 0 Å². The molecule has 0 aliphatic heterocycles. The number of ether oxygens (including phenoxy) is 1. The molecule has 34 heavy (non-hydrogen) atoms. The molecule has 182 valence electrons. The van der Waals surface area contributed by atoms with Crippen molar-refractivity contribution in [2.24, 2.45) is 17.8 Å². The highest BCUT2D eigenvalue weighted by Crippen LogP contribution is 2.55. The third-order valence-electron chi connectivity index (χ3n) is 7.23. The maximum Gasteiger partial charge on any atom is 0.449 e. The SMILES string of the molecule is O=C(COC(=O)Cn1c(C(F)(F)F)nc2ccccc21)NC(=O)NC12CC3CC(CC(C3)C1)C2. The summed E-state index contributed by atoms with van der Waals surface area (Å²) < 4.78 is 45.6. The van der Waals surface area contributed by atoms with Gasteiger partial charge in [-0.25, -0.2) is 9.78 Å². The van der Waals surface area contributed by atoms with Crippen LogP contribution in [0.3, 0.4) is 0 Å². The lowest BCUT2D eigenvalue weighted by molar-refractivity contribution is -0.153. The first-order valence-corrected chi connectivity index (χ1v) is 11.4. The number of carbonyl (C=O) groups is 3. The van der Waals surface area contributed by atoms with Crippen molar-refractivity contribution in [3.63, 3.8) is 0 Å². The number of imidazole rings is 1. The number of aromatic nitrogens is 2. The Balaban J connectivity index is 1.15. The molecule has 4 aliphatic rings. The molecular weight excluding hydrogens is 453 g/mol. The molecule has 0 spiro atoms. The number of benzene rings is 1. The Morgan fingerprint density at radius 1 is 1.06 bits per heavy atom. The Labute approximate surface area is 193 Å². The second-order valence-corrected chi connectivity index (χ2v) is 9.87. The predicted molar refractivity (Wildman–Crippen MR) is 113 cm³/mol. The molecule has 4 bridgehead atoms. The van der Waals surface area contributed by atoms with Gasteiger partial charge in [-0.3, -0.25) is 14.9 Å². The summed E-state index contributed by atoms with van der Waals surface area (Å²) in [6.07, 6.45) is 1.59. The minimum Gasteiger partial charge on any atom is -0.454 e. The van der Waals surface area contributed by atoms with E-state index in [0.29, 0.717) is 22.3 Å². The Morgan fingerprint density at radius 2 is 1.68 bits per heavy atom. The lowest BCUT2D eigenvalue weighted by Crippen LogP contribution is -2.62. The number of nitrogens with zero attached hydrogens (tertiary/aromatic N) is 2. The molecule has 0 radical (unpaired) electrons. The molecule has 4 fully saturated rings. The average Bonchev–Trinajstić information content (AvgIpc) is 3.10. The fourth-order valence-corrected chi connectivity index (χ4v) is 6.47. The molecule has 11 heteroatoms. The minimum absolute atomic E-state index is 0.0849. The summed E-state index contributed by atoms with van der Waals surface area (Å²) in [6.45, 7) is -1.55. The van der Waals surface area contributed by atoms with Gasteiger partial charge in [-0.05, 0) is 68.4 Å². The maximum atomic E-state index is 13.4. The molecule has 0 unspecified atom stereocenters. The van der Waals surface area contributed by atoms with E-state index in [1.807, 2.05) is 0 Å². The van der Waals surface area contributed by atoms with Crippen LogP contribution in [0.15, 0.2) is 24.3 Å². The zero-order valence-corrected chi connectivity index (χ0v) is 18.4. The Kier molecular flexibility index (Phi) is 5.52. The predicted octanol–water partition coefficient (Wildman–Crippen LogP) is 3.39. The van der Waals surface area contributed by atoms with Crippen molar-refractivity contribution in [3.05, 3.63) is 30.1 Å². The molecule has 1 aromatic carbocycles. The molecule has 2 N–H and O–H groups in total. The molecule has 1 aromatic heterocycles. The number of carbonyl (C=O) groups excluding carboxylic acids is 3. The Morgan fingerprint density at radius 3 is 2.29 bits per heavy atom. The molecule has 4 aliphatic carbocycles. The Bertz CT molecular complexity index is 1110. The number of alkyl halides is 3. The minimum atomic E-state index is -4.77. The van der Waals surface area contributed by atoms with E-state index < -0.39 is 43.1 Å². The van der Waals surface area contributed by atoms with Crippen molar-refractivity contribution in [3.8, 4) is 0 Å².